The van der Waals surface area contributed by atoms with Crippen molar-refractivity contribution < 1.29 is 5.11 Å². The molecule has 0 aliphatic heterocycles. The smallest absolute Gasteiger partial charge is 0.223 e. The lowest BCUT2D eigenvalue weighted by molar-refractivity contribution is 0.465. The number of aromatic hydroxyl groups is 1. The van der Waals surface area contributed by atoms with E-state index in [0.29, 0.717) is 0 Å². The molecular formula is C18H13N3O2. The summed E-state index contributed by atoms with van der Waals surface area (Å²) < 4.78 is 1.72. The van der Waals surface area contributed by atoms with Crippen molar-refractivity contribution in [2.24, 2.45) is 0 Å². The van der Waals surface area contributed by atoms with Gasteiger partial charge in [0, 0.05) is 23.3 Å². The summed E-state index contributed by atoms with van der Waals surface area (Å²) in [6.07, 6.45) is 4.86. The molecule has 0 bridgehead atoms. The van der Waals surface area contributed by atoms with Gasteiger partial charge in [-0.3, -0.25) is 9.89 Å². The highest BCUT2D eigenvalue weighted by atomic mass is 16.3. The number of H-pyrrole nitrogens is 1. The van der Waals surface area contributed by atoms with Gasteiger partial charge in [-0.1, -0.05) is 24.3 Å². The van der Waals surface area contributed by atoms with Crippen LogP contribution in [0.2, 0.25) is 0 Å². The number of aromatic nitrogens is 3. The van der Waals surface area contributed by atoms with Crippen LogP contribution in [0.3, 0.4) is 0 Å². The Morgan fingerprint density at radius 3 is 2.83 bits per heavy atom. The number of nitrogens with zero attached hydrogens (tertiary/aromatic N) is 2. The Balaban J connectivity index is 1.87. The molecule has 112 valence electrons. The highest BCUT2D eigenvalue weighted by Crippen LogP contribution is 2.28. The third-order valence-corrected chi connectivity index (χ3v) is 3.84. The van der Waals surface area contributed by atoms with Gasteiger partial charge in [0.15, 0.2) is 5.75 Å². The predicted octanol–water partition coefficient (Wildman–Crippen LogP) is 3.09. The highest BCUT2D eigenvalue weighted by molar-refractivity contribution is 5.94. The monoisotopic (exact) mass is 303 g/mol. The van der Waals surface area contributed by atoms with Crippen LogP contribution in [0.5, 0.6) is 5.75 Å². The first-order valence-electron chi connectivity index (χ1n) is 7.16. The van der Waals surface area contributed by atoms with Crippen molar-refractivity contribution in [2.45, 2.75) is 0 Å². The van der Waals surface area contributed by atoms with Crippen molar-refractivity contribution in [3.63, 3.8) is 0 Å². The van der Waals surface area contributed by atoms with E-state index in [1.54, 1.807) is 10.8 Å². The van der Waals surface area contributed by atoms with Crippen molar-refractivity contribution >= 4 is 10.9 Å². The summed E-state index contributed by atoms with van der Waals surface area (Å²) in [5.41, 5.74) is 3.56. The van der Waals surface area contributed by atoms with Gasteiger partial charge in [0.05, 0.1) is 17.9 Å². The van der Waals surface area contributed by atoms with Crippen LogP contribution in [0, 0.1) is 0 Å². The first-order valence-corrected chi connectivity index (χ1v) is 7.16. The number of rotatable bonds is 2. The molecule has 23 heavy (non-hydrogen) atoms. The first-order chi connectivity index (χ1) is 11.2. The lowest BCUT2D eigenvalue weighted by atomic mass is 10.0. The fraction of sp³-hybridized carbons (Fsp3) is 0. The maximum atomic E-state index is 11.3. The zero-order valence-electron chi connectivity index (χ0n) is 12.1. The topological polar surface area (TPSA) is 70.9 Å². The number of nitrogens with one attached hydrogen (secondary N) is 1. The molecular weight excluding hydrogens is 290 g/mol. The van der Waals surface area contributed by atoms with Crippen molar-refractivity contribution in [3.05, 3.63) is 77.3 Å². The van der Waals surface area contributed by atoms with Crippen LogP contribution in [-0.2, 0) is 0 Å². The summed E-state index contributed by atoms with van der Waals surface area (Å²) in [5, 5.41) is 17.7. The van der Waals surface area contributed by atoms with Crippen LogP contribution in [0.4, 0.5) is 0 Å². The second-order valence-corrected chi connectivity index (χ2v) is 5.29. The molecule has 0 spiro atoms. The van der Waals surface area contributed by atoms with Crippen LogP contribution in [-0.4, -0.2) is 19.9 Å². The van der Waals surface area contributed by atoms with Crippen LogP contribution in [0.15, 0.2) is 71.9 Å². The van der Waals surface area contributed by atoms with E-state index in [2.05, 4.69) is 10.2 Å². The minimum absolute atomic E-state index is 0.269. The minimum Gasteiger partial charge on any atom is -0.503 e. The Kier molecular flexibility index (Phi) is 2.98. The first kappa shape index (κ1) is 13.3. The lowest BCUT2D eigenvalue weighted by Gasteiger charge is -2.09. The lowest BCUT2D eigenvalue weighted by Crippen LogP contribution is -2.03. The van der Waals surface area contributed by atoms with Gasteiger partial charge in [-0.25, -0.2) is 0 Å². The van der Waals surface area contributed by atoms with E-state index in [9.17, 15) is 9.90 Å². The maximum absolute atomic E-state index is 11.3. The molecule has 2 heterocycles. The second kappa shape index (κ2) is 5.14. The summed E-state index contributed by atoms with van der Waals surface area (Å²) in [6.45, 7) is 0. The number of benzene rings is 2. The van der Waals surface area contributed by atoms with E-state index in [4.69, 9.17) is 0 Å². The van der Waals surface area contributed by atoms with Crippen LogP contribution < -0.4 is 5.43 Å². The van der Waals surface area contributed by atoms with E-state index in [1.165, 1.54) is 12.3 Å². The number of hydrogen-bond acceptors (Lipinski definition) is 3. The van der Waals surface area contributed by atoms with Crippen LogP contribution >= 0.6 is 0 Å². The molecule has 0 atom stereocenters. The molecule has 5 heteroatoms. The van der Waals surface area contributed by atoms with E-state index < -0.39 is 0 Å². The average Bonchev–Trinajstić information content (AvgIpc) is 3.06. The zero-order chi connectivity index (χ0) is 15.8. The van der Waals surface area contributed by atoms with E-state index in [1.807, 2.05) is 48.7 Å². The maximum Gasteiger partial charge on any atom is 0.223 e. The SMILES string of the molecule is O=c1ccn(-c2cccc(-c3cccc4[nH]ncc34)c2)cc1O. The van der Waals surface area contributed by atoms with Crippen LogP contribution in [0.1, 0.15) is 0 Å². The molecule has 2 aromatic carbocycles. The van der Waals surface area contributed by atoms with Crippen molar-refractivity contribution in [1.29, 1.82) is 0 Å². The molecule has 0 aliphatic carbocycles. The summed E-state index contributed by atoms with van der Waals surface area (Å²) in [6, 6.07) is 15.2. The number of hydrogen-bond donors (Lipinski definition) is 2. The zero-order valence-corrected chi connectivity index (χ0v) is 12.1. The Hall–Kier alpha value is -3.34. The molecule has 0 fully saturated rings. The molecule has 2 N–H and O–H groups in total. The summed E-state index contributed by atoms with van der Waals surface area (Å²) in [7, 11) is 0. The van der Waals surface area contributed by atoms with Gasteiger partial charge < -0.3 is 9.67 Å². The Morgan fingerprint density at radius 2 is 1.96 bits per heavy atom. The summed E-state index contributed by atoms with van der Waals surface area (Å²) in [5.74, 6) is -0.269. The molecule has 4 rings (SSSR count). The third-order valence-electron chi connectivity index (χ3n) is 3.84. The van der Waals surface area contributed by atoms with Gasteiger partial charge in [-0.2, -0.15) is 5.10 Å². The molecule has 0 saturated heterocycles. The molecule has 0 aliphatic rings. The van der Waals surface area contributed by atoms with Crippen molar-refractivity contribution in [3.8, 4) is 22.6 Å². The Labute approximate surface area is 131 Å². The number of aromatic amines is 1. The largest absolute Gasteiger partial charge is 0.503 e. The van der Waals surface area contributed by atoms with Gasteiger partial charge >= 0.3 is 0 Å². The molecule has 0 saturated carbocycles. The van der Waals surface area contributed by atoms with Gasteiger partial charge in [-0.15, -0.1) is 0 Å². The normalized spacial score (nSPS) is 11.0. The van der Waals surface area contributed by atoms with Gasteiger partial charge in [0.2, 0.25) is 5.43 Å². The summed E-state index contributed by atoms with van der Waals surface area (Å²) >= 11 is 0. The second-order valence-electron chi connectivity index (χ2n) is 5.29. The Morgan fingerprint density at radius 1 is 1.09 bits per heavy atom. The fourth-order valence-electron chi connectivity index (χ4n) is 2.69. The summed E-state index contributed by atoms with van der Waals surface area (Å²) in [4.78, 5) is 11.3. The molecule has 0 radical (unpaired) electrons. The van der Waals surface area contributed by atoms with E-state index >= 15 is 0 Å². The van der Waals surface area contributed by atoms with Crippen molar-refractivity contribution in [1.82, 2.24) is 14.8 Å². The Bertz CT molecular complexity index is 1060. The van der Waals surface area contributed by atoms with Crippen LogP contribution in [0.25, 0.3) is 27.7 Å². The van der Waals surface area contributed by atoms with Gasteiger partial charge in [-0.05, 0) is 29.3 Å². The molecule has 2 aromatic heterocycles. The molecule has 5 nitrogen and oxygen atoms in total. The van der Waals surface area contributed by atoms with Gasteiger partial charge in [0.1, 0.15) is 0 Å². The number of pyridine rings is 1. The van der Waals surface area contributed by atoms with Gasteiger partial charge in [0.25, 0.3) is 0 Å². The van der Waals surface area contributed by atoms with Crippen molar-refractivity contribution in [2.75, 3.05) is 0 Å². The molecule has 4 aromatic rings. The predicted molar refractivity (Wildman–Crippen MR) is 88.8 cm³/mol. The molecule has 0 amide bonds. The number of fused-ring (bicyclic) bond motifs is 1. The highest BCUT2D eigenvalue weighted by Gasteiger charge is 2.07. The third kappa shape index (κ3) is 2.28. The quantitative estimate of drug-likeness (QED) is 0.598. The average molecular weight is 303 g/mol. The standard InChI is InChI=1S/C18H13N3O2/c22-17-7-8-21(11-18(17)23)13-4-1-3-12(9-13)14-5-2-6-16-15(14)10-19-20-16/h1-11,23H,(H,19,20). The fourth-order valence-corrected chi connectivity index (χ4v) is 2.69. The van der Waals surface area contributed by atoms with E-state index in [-0.39, 0.29) is 11.2 Å². The molecule has 0 unspecified atom stereocenters. The van der Waals surface area contributed by atoms with E-state index in [0.717, 1.165) is 27.7 Å². The minimum atomic E-state index is -0.388.